The SMILES string of the molecule is OCc1ccc(C(S)=C(S)c2ccc(CO)cc2)cc1. The molecule has 0 aliphatic rings. The van der Waals surface area contributed by atoms with Crippen LogP contribution in [0.5, 0.6) is 0 Å². The van der Waals surface area contributed by atoms with E-state index < -0.39 is 0 Å². The third kappa shape index (κ3) is 3.46. The maximum absolute atomic E-state index is 9.04. The Morgan fingerprint density at radius 3 is 1.20 bits per heavy atom. The zero-order valence-electron chi connectivity index (χ0n) is 10.8. The van der Waals surface area contributed by atoms with Crippen LogP contribution in [-0.2, 0) is 13.2 Å². The number of thiol groups is 2. The van der Waals surface area contributed by atoms with Gasteiger partial charge in [-0.3, -0.25) is 0 Å². The molecule has 2 aromatic rings. The van der Waals surface area contributed by atoms with Crippen molar-refractivity contribution in [3.8, 4) is 0 Å². The minimum Gasteiger partial charge on any atom is -0.392 e. The molecule has 0 amide bonds. The molecule has 2 N–H and O–H groups in total. The summed E-state index contributed by atoms with van der Waals surface area (Å²) in [4.78, 5) is 1.55. The second-order valence-corrected chi connectivity index (χ2v) is 5.30. The molecular weight excluding hydrogens is 288 g/mol. The van der Waals surface area contributed by atoms with E-state index in [0.717, 1.165) is 32.1 Å². The predicted molar refractivity (Wildman–Crippen MR) is 89.5 cm³/mol. The van der Waals surface area contributed by atoms with Crippen LogP contribution in [0.2, 0.25) is 0 Å². The van der Waals surface area contributed by atoms with E-state index in [9.17, 15) is 0 Å². The lowest BCUT2D eigenvalue weighted by Crippen LogP contribution is -1.87. The summed E-state index contributed by atoms with van der Waals surface area (Å²) in [5.74, 6) is 0. The molecule has 0 aromatic heterocycles. The van der Waals surface area contributed by atoms with E-state index >= 15 is 0 Å². The highest BCUT2D eigenvalue weighted by atomic mass is 32.1. The van der Waals surface area contributed by atoms with E-state index in [1.54, 1.807) is 0 Å². The highest BCUT2D eigenvalue weighted by Crippen LogP contribution is 2.32. The minimum atomic E-state index is 0.0300. The Hall–Kier alpha value is -1.20. The number of rotatable bonds is 4. The second-order valence-electron chi connectivity index (χ2n) is 4.41. The van der Waals surface area contributed by atoms with Crippen molar-refractivity contribution in [1.29, 1.82) is 0 Å². The Morgan fingerprint density at radius 2 is 0.950 bits per heavy atom. The van der Waals surface area contributed by atoms with Gasteiger partial charge < -0.3 is 10.2 Å². The smallest absolute Gasteiger partial charge is 0.0681 e. The lowest BCUT2D eigenvalue weighted by molar-refractivity contribution is 0.281. The van der Waals surface area contributed by atoms with Gasteiger partial charge in [0.25, 0.3) is 0 Å². The predicted octanol–water partition coefficient (Wildman–Crippen LogP) is 3.36. The standard InChI is InChI=1S/C16H16O2S2/c17-9-11-1-5-13(6-2-11)15(19)16(20)14-7-3-12(10-18)4-8-14/h1-8,17-20H,9-10H2. The van der Waals surface area contributed by atoms with Crippen LogP contribution >= 0.6 is 25.3 Å². The second kappa shape index (κ2) is 6.99. The van der Waals surface area contributed by atoms with Gasteiger partial charge in [-0.1, -0.05) is 48.5 Å². The highest BCUT2D eigenvalue weighted by molar-refractivity contribution is 7.96. The lowest BCUT2D eigenvalue weighted by atomic mass is 10.1. The van der Waals surface area contributed by atoms with Crippen molar-refractivity contribution >= 4 is 35.1 Å². The topological polar surface area (TPSA) is 40.5 Å². The molecule has 0 atom stereocenters. The normalized spacial score (nSPS) is 12.2. The lowest BCUT2D eigenvalue weighted by Gasteiger charge is -2.08. The van der Waals surface area contributed by atoms with Gasteiger partial charge in [-0.15, -0.1) is 25.3 Å². The molecule has 0 saturated carbocycles. The highest BCUT2D eigenvalue weighted by Gasteiger charge is 2.05. The van der Waals surface area contributed by atoms with Crippen LogP contribution in [0, 0.1) is 0 Å². The van der Waals surface area contributed by atoms with Crippen LogP contribution in [-0.4, -0.2) is 10.2 Å². The summed E-state index contributed by atoms with van der Waals surface area (Å²) in [7, 11) is 0. The molecule has 20 heavy (non-hydrogen) atoms. The molecule has 0 radical (unpaired) electrons. The average Bonchev–Trinajstić information content (AvgIpc) is 2.53. The zero-order chi connectivity index (χ0) is 14.5. The fourth-order valence-electron chi connectivity index (χ4n) is 1.81. The number of aliphatic hydroxyl groups is 2. The third-order valence-corrected chi connectivity index (χ3v) is 4.18. The molecule has 0 fully saturated rings. The van der Waals surface area contributed by atoms with Crippen molar-refractivity contribution in [2.45, 2.75) is 13.2 Å². The molecule has 2 rings (SSSR count). The Balaban J connectivity index is 2.32. The Kier molecular flexibility index (Phi) is 5.31. The van der Waals surface area contributed by atoms with E-state index in [0.29, 0.717) is 0 Å². The van der Waals surface area contributed by atoms with Crippen molar-refractivity contribution in [2.75, 3.05) is 0 Å². The Bertz CT molecular complexity index is 546. The molecule has 0 aliphatic carbocycles. The monoisotopic (exact) mass is 304 g/mol. The first-order valence-electron chi connectivity index (χ1n) is 6.18. The Labute approximate surface area is 129 Å². The molecule has 0 bridgehead atoms. The van der Waals surface area contributed by atoms with Gasteiger partial charge in [0, 0.05) is 9.81 Å². The van der Waals surface area contributed by atoms with Crippen LogP contribution in [0.3, 0.4) is 0 Å². The van der Waals surface area contributed by atoms with Crippen LogP contribution in [0.1, 0.15) is 22.3 Å². The van der Waals surface area contributed by atoms with Crippen LogP contribution < -0.4 is 0 Å². The van der Waals surface area contributed by atoms with Crippen molar-refractivity contribution < 1.29 is 10.2 Å². The van der Waals surface area contributed by atoms with Gasteiger partial charge in [0.05, 0.1) is 13.2 Å². The van der Waals surface area contributed by atoms with E-state index in [-0.39, 0.29) is 13.2 Å². The largest absolute Gasteiger partial charge is 0.392 e. The quantitative estimate of drug-likeness (QED) is 0.517. The molecule has 104 valence electrons. The van der Waals surface area contributed by atoms with Gasteiger partial charge in [0.15, 0.2) is 0 Å². The van der Waals surface area contributed by atoms with Crippen molar-refractivity contribution in [3.63, 3.8) is 0 Å². The number of benzene rings is 2. The van der Waals surface area contributed by atoms with Gasteiger partial charge in [0.2, 0.25) is 0 Å². The van der Waals surface area contributed by atoms with E-state index in [2.05, 4.69) is 25.3 Å². The first-order valence-corrected chi connectivity index (χ1v) is 7.07. The van der Waals surface area contributed by atoms with Crippen molar-refractivity contribution in [3.05, 3.63) is 70.8 Å². The summed E-state index contributed by atoms with van der Waals surface area (Å²) in [6.07, 6.45) is 0. The molecule has 0 saturated heterocycles. The molecular formula is C16H16O2S2. The van der Waals surface area contributed by atoms with Crippen LogP contribution in [0.25, 0.3) is 9.81 Å². The molecule has 0 aliphatic heterocycles. The summed E-state index contributed by atoms with van der Waals surface area (Å²) >= 11 is 9.06. The van der Waals surface area contributed by atoms with E-state index in [1.165, 1.54) is 0 Å². The maximum Gasteiger partial charge on any atom is 0.0681 e. The number of hydrogen-bond donors (Lipinski definition) is 4. The molecule has 0 heterocycles. The van der Waals surface area contributed by atoms with Crippen molar-refractivity contribution in [1.82, 2.24) is 0 Å². The minimum absolute atomic E-state index is 0.0300. The summed E-state index contributed by atoms with van der Waals surface area (Å²) in [5.41, 5.74) is 3.62. The summed E-state index contributed by atoms with van der Waals surface area (Å²) < 4.78 is 0. The molecule has 4 heteroatoms. The maximum atomic E-state index is 9.04. The number of aliphatic hydroxyl groups excluding tert-OH is 2. The summed E-state index contributed by atoms with van der Waals surface area (Å²) in [5, 5.41) is 18.1. The zero-order valence-corrected chi connectivity index (χ0v) is 12.6. The molecule has 0 unspecified atom stereocenters. The van der Waals surface area contributed by atoms with Crippen LogP contribution in [0.15, 0.2) is 48.5 Å². The average molecular weight is 304 g/mol. The fourth-order valence-corrected chi connectivity index (χ4v) is 2.37. The molecule has 2 nitrogen and oxygen atoms in total. The van der Waals surface area contributed by atoms with Crippen molar-refractivity contribution in [2.24, 2.45) is 0 Å². The fraction of sp³-hybridized carbons (Fsp3) is 0.125. The van der Waals surface area contributed by atoms with E-state index in [4.69, 9.17) is 10.2 Å². The van der Waals surface area contributed by atoms with E-state index in [1.807, 2.05) is 48.5 Å². The van der Waals surface area contributed by atoms with Gasteiger partial charge >= 0.3 is 0 Å². The van der Waals surface area contributed by atoms with Gasteiger partial charge in [0.1, 0.15) is 0 Å². The first kappa shape index (κ1) is 15.2. The van der Waals surface area contributed by atoms with Gasteiger partial charge in [-0.25, -0.2) is 0 Å². The number of hydrogen-bond acceptors (Lipinski definition) is 4. The third-order valence-electron chi connectivity index (χ3n) is 3.04. The van der Waals surface area contributed by atoms with Crippen LogP contribution in [0.4, 0.5) is 0 Å². The van der Waals surface area contributed by atoms with Gasteiger partial charge in [-0.05, 0) is 22.3 Å². The molecule has 2 aromatic carbocycles. The van der Waals surface area contributed by atoms with Gasteiger partial charge in [-0.2, -0.15) is 0 Å². The first-order chi connectivity index (χ1) is 9.65. The summed E-state index contributed by atoms with van der Waals surface area (Å²) in [6.45, 7) is 0.0600. The Morgan fingerprint density at radius 1 is 0.650 bits per heavy atom. The summed E-state index contributed by atoms with van der Waals surface area (Å²) in [6, 6.07) is 15.1. The molecule has 0 spiro atoms.